The van der Waals surface area contributed by atoms with Crippen molar-refractivity contribution in [2.24, 2.45) is 0 Å². The van der Waals surface area contributed by atoms with Gasteiger partial charge in [0.25, 0.3) is 0 Å². The minimum Gasteiger partial charge on any atom is -0.491 e. The van der Waals surface area contributed by atoms with Gasteiger partial charge in [0.2, 0.25) is 5.91 Å². The summed E-state index contributed by atoms with van der Waals surface area (Å²) in [5.74, 6) is 0.994. The molecule has 2 N–H and O–H groups in total. The lowest BCUT2D eigenvalue weighted by molar-refractivity contribution is -0.134. The maximum atomic E-state index is 12.6. The van der Waals surface area contributed by atoms with Crippen molar-refractivity contribution in [2.75, 3.05) is 46.4 Å². The monoisotopic (exact) mass is 388 g/mol. The largest absolute Gasteiger partial charge is 0.491 e. The van der Waals surface area contributed by atoms with E-state index in [1.165, 1.54) is 0 Å². The quantitative estimate of drug-likeness (QED) is 0.770. The number of benzene rings is 1. The number of para-hydroxylation sites is 1. The number of likely N-dealkylation sites (N-methyl/N-ethyl adjacent to an activating group) is 1. The molecule has 0 aliphatic carbocycles. The predicted molar refractivity (Wildman–Crippen MR) is 109 cm³/mol. The van der Waals surface area contributed by atoms with Crippen LogP contribution in [0, 0.1) is 13.8 Å². The van der Waals surface area contributed by atoms with E-state index in [0.29, 0.717) is 39.1 Å². The molecule has 0 atom stereocenters. The second-order valence-corrected chi connectivity index (χ2v) is 7.85. The van der Waals surface area contributed by atoms with Crippen LogP contribution in [0.3, 0.4) is 0 Å². The molecule has 2 heterocycles. The molecule has 0 saturated carbocycles. The third-order valence-corrected chi connectivity index (χ3v) is 6.02. The number of ether oxygens (including phenoxy) is 1. The topological polar surface area (TPSA) is 73.9 Å². The van der Waals surface area contributed by atoms with Gasteiger partial charge in [-0.25, -0.2) is 4.79 Å². The lowest BCUT2D eigenvalue weighted by Gasteiger charge is -2.44. The molecule has 0 unspecified atom stereocenters. The number of carbonyl (C=O) groups excluding carboxylic acids is 2. The zero-order valence-corrected chi connectivity index (χ0v) is 17.2. The Bertz CT molecular complexity index is 693. The summed E-state index contributed by atoms with van der Waals surface area (Å²) in [6.07, 6.45) is 2.30. The van der Waals surface area contributed by atoms with Crippen molar-refractivity contribution in [1.82, 2.24) is 20.4 Å². The Morgan fingerprint density at radius 1 is 1.21 bits per heavy atom. The van der Waals surface area contributed by atoms with Crippen molar-refractivity contribution in [2.45, 2.75) is 38.6 Å². The SMILES string of the molecule is Cc1cccc(C)c1OCCNC(=O)N1CCC2(CC1)C(=O)NCCCN2C. The molecule has 2 saturated heterocycles. The first-order valence-electron chi connectivity index (χ1n) is 10.2. The Balaban J connectivity index is 1.46. The summed E-state index contributed by atoms with van der Waals surface area (Å²) < 4.78 is 5.84. The highest BCUT2D eigenvalue weighted by atomic mass is 16.5. The van der Waals surface area contributed by atoms with E-state index >= 15 is 0 Å². The lowest BCUT2D eigenvalue weighted by atomic mass is 9.85. The Morgan fingerprint density at radius 2 is 1.89 bits per heavy atom. The van der Waals surface area contributed by atoms with E-state index < -0.39 is 5.54 Å². The van der Waals surface area contributed by atoms with Crippen molar-refractivity contribution in [3.8, 4) is 5.75 Å². The van der Waals surface area contributed by atoms with Crippen molar-refractivity contribution in [3.63, 3.8) is 0 Å². The Morgan fingerprint density at radius 3 is 2.57 bits per heavy atom. The molecule has 3 amide bonds. The molecule has 2 fully saturated rings. The molecule has 7 heteroatoms. The van der Waals surface area contributed by atoms with Crippen LogP contribution in [-0.2, 0) is 4.79 Å². The average Bonchev–Trinajstić information content (AvgIpc) is 2.81. The molecular formula is C21H32N4O3. The summed E-state index contributed by atoms with van der Waals surface area (Å²) in [7, 11) is 2.02. The van der Waals surface area contributed by atoms with Gasteiger partial charge in [-0.15, -0.1) is 0 Å². The number of hydrogen-bond donors (Lipinski definition) is 2. The maximum Gasteiger partial charge on any atom is 0.317 e. The number of piperidine rings is 1. The van der Waals surface area contributed by atoms with Crippen molar-refractivity contribution in [1.29, 1.82) is 0 Å². The molecule has 0 bridgehead atoms. The maximum absolute atomic E-state index is 12.6. The molecule has 0 radical (unpaired) electrons. The molecule has 7 nitrogen and oxygen atoms in total. The van der Waals surface area contributed by atoms with Gasteiger partial charge >= 0.3 is 6.03 Å². The molecule has 2 aliphatic heterocycles. The van der Waals surface area contributed by atoms with Crippen molar-refractivity contribution < 1.29 is 14.3 Å². The molecule has 154 valence electrons. The first-order chi connectivity index (χ1) is 13.4. The molecule has 1 aromatic carbocycles. The molecule has 3 rings (SSSR count). The standard InChI is InChI=1S/C21H32N4O3/c1-16-6-4-7-17(2)18(16)28-15-11-23-20(27)25-13-8-21(9-14-25)19(26)22-10-5-12-24(21)3/h4,6-7H,5,8-15H2,1-3H3,(H,22,26)(H,23,27). The Kier molecular flexibility index (Phi) is 6.44. The summed E-state index contributed by atoms with van der Waals surface area (Å²) in [6.45, 7) is 7.73. The van der Waals surface area contributed by atoms with E-state index in [1.807, 2.05) is 39.1 Å². The number of nitrogens with zero attached hydrogens (tertiary/aromatic N) is 2. The van der Waals surface area contributed by atoms with E-state index in [2.05, 4.69) is 15.5 Å². The number of likely N-dealkylation sites (tertiary alicyclic amines) is 1. The highest BCUT2D eigenvalue weighted by Gasteiger charge is 2.46. The van der Waals surface area contributed by atoms with Crippen molar-refractivity contribution >= 4 is 11.9 Å². The van der Waals surface area contributed by atoms with Gasteiger partial charge in [0.05, 0.1) is 6.54 Å². The fourth-order valence-corrected chi connectivity index (χ4v) is 4.21. The molecule has 1 spiro atoms. The van der Waals surface area contributed by atoms with E-state index in [0.717, 1.165) is 36.4 Å². The minimum atomic E-state index is -0.473. The van der Waals surface area contributed by atoms with Gasteiger partial charge in [-0.2, -0.15) is 0 Å². The first kappa shape index (κ1) is 20.5. The van der Waals surface area contributed by atoms with Crippen LogP contribution in [0.5, 0.6) is 5.75 Å². The summed E-state index contributed by atoms with van der Waals surface area (Å²) in [5, 5.41) is 5.97. The van der Waals surface area contributed by atoms with E-state index in [-0.39, 0.29) is 11.9 Å². The van der Waals surface area contributed by atoms with E-state index in [1.54, 1.807) is 4.90 Å². The number of aryl methyl sites for hydroxylation is 2. The highest BCUT2D eigenvalue weighted by Crippen LogP contribution is 2.30. The predicted octanol–water partition coefficient (Wildman–Crippen LogP) is 1.68. The zero-order chi connectivity index (χ0) is 20.1. The van der Waals surface area contributed by atoms with Gasteiger partial charge in [-0.3, -0.25) is 9.69 Å². The molecule has 2 aliphatic rings. The summed E-state index contributed by atoms with van der Waals surface area (Å²) >= 11 is 0. The fraction of sp³-hybridized carbons (Fsp3) is 0.619. The summed E-state index contributed by atoms with van der Waals surface area (Å²) in [4.78, 5) is 29.1. The Labute approximate surface area is 167 Å². The number of hydrogen-bond acceptors (Lipinski definition) is 4. The lowest BCUT2D eigenvalue weighted by Crippen LogP contribution is -2.62. The third-order valence-electron chi connectivity index (χ3n) is 6.02. The van der Waals surface area contributed by atoms with Crippen LogP contribution in [0.2, 0.25) is 0 Å². The normalized spacial score (nSPS) is 19.8. The van der Waals surface area contributed by atoms with Crippen molar-refractivity contribution in [3.05, 3.63) is 29.3 Å². The summed E-state index contributed by atoms with van der Waals surface area (Å²) in [5.41, 5.74) is 1.72. The van der Waals surface area contributed by atoms with E-state index in [9.17, 15) is 9.59 Å². The van der Waals surface area contributed by atoms with Gasteiger partial charge in [0.1, 0.15) is 17.9 Å². The second kappa shape index (κ2) is 8.82. The Hall–Kier alpha value is -2.28. The van der Waals surface area contributed by atoms with Gasteiger partial charge in [-0.1, -0.05) is 18.2 Å². The minimum absolute atomic E-state index is 0.0864. The molecule has 28 heavy (non-hydrogen) atoms. The van der Waals surface area contributed by atoms with Crippen LogP contribution in [0.4, 0.5) is 4.79 Å². The molecular weight excluding hydrogens is 356 g/mol. The highest BCUT2D eigenvalue weighted by molar-refractivity contribution is 5.87. The molecule has 0 aromatic heterocycles. The molecule has 1 aromatic rings. The fourth-order valence-electron chi connectivity index (χ4n) is 4.21. The van der Waals surface area contributed by atoms with Crippen LogP contribution in [0.25, 0.3) is 0 Å². The van der Waals surface area contributed by atoms with Crippen LogP contribution in [-0.4, -0.2) is 73.7 Å². The van der Waals surface area contributed by atoms with Gasteiger partial charge in [0, 0.05) is 26.2 Å². The van der Waals surface area contributed by atoms with Gasteiger partial charge in [-0.05, 0) is 51.3 Å². The number of amides is 3. The smallest absolute Gasteiger partial charge is 0.317 e. The van der Waals surface area contributed by atoms with E-state index in [4.69, 9.17) is 4.74 Å². The number of rotatable bonds is 4. The third kappa shape index (κ3) is 4.24. The summed E-state index contributed by atoms with van der Waals surface area (Å²) in [6, 6.07) is 5.96. The second-order valence-electron chi connectivity index (χ2n) is 7.85. The average molecular weight is 389 g/mol. The zero-order valence-electron chi connectivity index (χ0n) is 17.2. The van der Waals surface area contributed by atoms with Crippen LogP contribution >= 0.6 is 0 Å². The van der Waals surface area contributed by atoms with Gasteiger partial charge in [0.15, 0.2) is 0 Å². The first-order valence-corrected chi connectivity index (χ1v) is 10.2. The number of urea groups is 1. The van der Waals surface area contributed by atoms with Crippen LogP contribution < -0.4 is 15.4 Å². The number of carbonyl (C=O) groups is 2. The van der Waals surface area contributed by atoms with Crippen LogP contribution in [0.15, 0.2) is 18.2 Å². The van der Waals surface area contributed by atoms with Crippen LogP contribution in [0.1, 0.15) is 30.4 Å². The number of nitrogens with one attached hydrogen (secondary N) is 2. The van der Waals surface area contributed by atoms with Gasteiger partial charge < -0.3 is 20.3 Å².